The Hall–Kier alpha value is -1.02. The molecule has 0 spiro atoms. The largest absolute Gasteiger partial charge is 0.466 e. The summed E-state index contributed by atoms with van der Waals surface area (Å²) in [6.07, 6.45) is 6.00. The maximum atomic E-state index is 5.59. The Balaban J connectivity index is 1.97. The Kier molecular flexibility index (Phi) is 3.72. The van der Waals surface area contributed by atoms with E-state index >= 15 is 0 Å². The van der Waals surface area contributed by atoms with Crippen molar-refractivity contribution in [3.05, 3.63) is 34.8 Å². The number of aryl methyl sites for hydroxylation is 2. The Bertz CT molecular complexity index is 417. The molecule has 1 N–H and O–H groups in total. The van der Waals surface area contributed by atoms with Crippen LogP contribution < -0.4 is 5.32 Å². The molecule has 94 valence electrons. The fourth-order valence-electron chi connectivity index (χ4n) is 2.64. The molecule has 2 rings (SSSR count). The monoisotopic (exact) mass is 233 g/mol. The fourth-order valence-corrected chi connectivity index (χ4v) is 2.64. The molecule has 0 fully saturated rings. The Morgan fingerprint density at radius 1 is 1.35 bits per heavy atom. The molecule has 0 aromatic carbocycles. The molecule has 2 unspecified atom stereocenters. The van der Waals surface area contributed by atoms with Gasteiger partial charge in [0.15, 0.2) is 0 Å². The van der Waals surface area contributed by atoms with E-state index in [4.69, 9.17) is 4.42 Å². The first-order chi connectivity index (χ1) is 8.06. The normalized spacial score (nSPS) is 22.4. The van der Waals surface area contributed by atoms with Gasteiger partial charge in [0, 0.05) is 17.6 Å². The minimum Gasteiger partial charge on any atom is -0.466 e. The summed E-state index contributed by atoms with van der Waals surface area (Å²) in [6.45, 7) is 8.51. The van der Waals surface area contributed by atoms with Gasteiger partial charge in [0.2, 0.25) is 0 Å². The standard InChI is InChI=1S/C15H23NO/c1-10-5-7-14(8-6-10)16-12(3)15-9-11(2)17-13(15)4/h5,9,12,14,16H,6-8H2,1-4H3. The second-order valence-corrected chi connectivity index (χ2v) is 5.28. The summed E-state index contributed by atoms with van der Waals surface area (Å²) in [5, 5.41) is 3.71. The smallest absolute Gasteiger partial charge is 0.105 e. The molecule has 0 saturated heterocycles. The molecule has 0 aliphatic heterocycles. The van der Waals surface area contributed by atoms with Crippen LogP contribution in [0.25, 0.3) is 0 Å². The van der Waals surface area contributed by atoms with Crippen molar-refractivity contribution in [2.45, 2.75) is 59.0 Å². The van der Waals surface area contributed by atoms with Crippen LogP contribution in [0.15, 0.2) is 22.1 Å². The molecule has 2 heteroatoms. The van der Waals surface area contributed by atoms with E-state index < -0.39 is 0 Å². The average molecular weight is 233 g/mol. The molecule has 2 atom stereocenters. The first-order valence-electron chi connectivity index (χ1n) is 6.55. The molecule has 2 nitrogen and oxygen atoms in total. The molecule has 1 heterocycles. The van der Waals surface area contributed by atoms with Gasteiger partial charge in [0.1, 0.15) is 11.5 Å². The highest BCUT2D eigenvalue weighted by molar-refractivity contribution is 5.23. The van der Waals surface area contributed by atoms with Crippen molar-refractivity contribution in [3.63, 3.8) is 0 Å². The second-order valence-electron chi connectivity index (χ2n) is 5.28. The van der Waals surface area contributed by atoms with Crippen LogP contribution in [0.5, 0.6) is 0 Å². The number of nitrogens with one attached hydrogen (secondary N) is 1. The van der Waals surface area contributed by atoms with Gasteiger partial charge in [-0.1, -0.05) is 11.6 Å². The van der Waals surface area contributed by atoms with E-state index in [0.29, 0.717) is 12.1 Å². The van der Waals surface area contributed by atoms with Crippen LogP contribution in [0.2, 0.25) is 0 Å². The third-order valence-corrected chi connectivity index (χ3v) is 3.67. The van der Waals surface area contributed by atoms with Crippen LogP contribution >= 0.6 is 0 Å². The first kappa shape index (κ1) is 12.4. The quantitative estimate of drug-likeness (QED) is 0.797. The molecule has 1 aliphatic carbocycles. The number of furan rings is 1. The maximum Gasteiger partial charge on any atom is 0.105 e. The van der Waals surface area contributed by atoms with E-state index in [1.54, 1.807) is 0 Å². The van der Waals surface area contributed by atoms with Crippen LogP contribution in [0.4, 0.5) is 0 Å². The third-order valence-electron chi connectivity index (χ3n) is 3.67. The summed E-state index contributed by atoms with van der Waals surface area (Å²) >= 11 is 0. The van der Waals surface area contributed by atoms with Gasteiger partial charge in [-0.25, -0.2) is 0 Å². The van der Waals surface area contributed by atoms with Crippen LogP contribution in [0.3, 0.4) is 0 Å². The maximum absolute atomic E-state index is 5.59. The van der Waals surface area contributed by atoms with Gasteiger partial charge in [-0.15, -0.1) is 0 Å². The summed E-state index contributed by atoms with van der Waals surface area (Å²) in [6, 6.07) is 3.14. The van der Waals surface area contributed by atoms with Crippen LogP contribution in [0, 0.1) is 13.8 Å². The Morgan fingerprint density at radius 2 is 2.12 bits per heavy atom. The minimum atomic E-state index is 0.379. The molecule has 0 bridgehead atoms. The van der Waals surface area contributed by atoms with Crippen molar-refractivity contribution in [3.8, 4) is 0 Å². The van der Waals surface area contributed by atoms with Gasteiger partial charge in [0.25, 0.3) is 0 Å². The van der Waals surface area contributed by atoms with E-state index in [0.717, 1.165) is 17.9 Å². The molecule has 17 heavy (non-hydrogen) atoms. The SMILES string of the molecule is CC1=CCC(NC(C)c2cc(C)oc2C)CC1. The predicted molar refractivity (Wildman–Crippen MR) is 71.1 cm³/mol. The fraction of sp³-hybridized carbons (Fsp3) is 0.600. The highest BCUT2D eigenvalue weighted by Crippen LogP contribution is 2.24. The number of hydrogen-bond donors (Lipinski definition) is 1. The lowest BCUT2D eigenvalue weighted by molar-refractivity contribution is 0.414. The van der Waals surface area contributed by atoms with E-state index in [1.165, 1.54) is 24.0 Å². The van der Waals surface area contributed by atoms with Crippen LogP contribution in [-0.4, -0.2) is 6.04 Å². The zero-order valence-electron chi connectivity index (χ0n) is 11.3. The van der Waals surface area contributed by atoms with Crippen molar-refractivity contribution >= 4 is 0 Å². The Labute approximate surface area is 104 Å². The van der Waals surface area contributed by atoms with E-state index in [2.05, 4.69) is 31.3 Å². The lowest BCUT2D eigenvalue weighted by Gasteiger charge is -2.25. The zero-order valence-corrected chi connectivity index (χ0v) is 11.3. The molecule has 1 aromatic heterocycles. The van der Waals surface area contributed by atoms with Crippen molar-refractivity contribution in [1.29, 1.82) is 0 Å². The van der Waals surface area contributed by atoms with Gasteiger partial charge in [-0.2, -0.15) is 0 Å². The number of rotatable bonds is 3. The second kappa shape index (κ2) is 5.09. The van der Waals surface area contributed by atoms with E-state index in [1.807, 2.05) is 13.8 Å². The molecule has 0 radical (unpaired) electrons. The topological polar surface area (TPSA) is 25.2 Å². The average Bonchev–Trinajstić information content (AvgIpc) is 2.61. The molecule has 1 aliphatic rings. The van der Waals surface area contributed by atoms with Crippen LogP contribution in [0.1, 0.15) is 56.2 Å². The zero-order chi connectivity index (χ0) is 12.4. The summed E-state index contributed by atoms with van der Waals surface area (Å²) in [4.78, 5) is 0. The highest BCUT2D eigenvalue weighted by Gasteiger charge is 2.18. The molecular formula is C15H23NO. The lowest BCUT2D eigenvalue weighted by Crippen LogP contribution is -2.32. The highest BCUT2D eigenvalue weighted by atomic mass is 16.3. The van der Waals surface area contributed by atoms with Gasteiger partial charge < -0.3 is 9.73 Å². The first-order valence-corrected chi connectivity index (χ1v) is 6.55. The van der Waals surface area contributed by atoms with Crippen molar-refractivity contribution < 1.29 is 4.42 Å². The molecule has 0 saturated carbocycles. The minimum absolute atomic E-state index is 0.379. The van der Waals surface area contributed by atoms with Crippen molar-refractivity contribution in [2.75, 3.05) is 0 Å². The number of hydrogen-bond acceptors (Lipinski definition) is 2. The van der Waals surface area contributed by atoms with Gasteiger partial charge in [0.05, 0.1) is 0 Å². The summed E-state index contributed by atoms with van der Waals surface area (Å²) < 4.78 is 5.59. The summed E-state index contributed by atoms with van der Waals surface area (Å²) in [5.74, 6) is 2.05. The molecule has 0 amide bonds. The summed E-state index contributed by atoms with van der Waals surface area (Å²) in [5.41, 5.74) is 2.83. The van der Waals surface area contributed by atoms with Gasteiger partial charge in [-0.3, -0.25) is 0 Å². The Morgan fingerprint density at radius 3 is 2.65 bits per heavy atom. The van der Waals surface area contributed by atoms with E-state index in [-0.39, 0.29) is 0 Å². The van der Waals surface area contributed by atoms with Gasteiger partial charge in [-0.05, 0) is 53.0 Å². The lowest BCUT2D eigenvalue weighted by atomic mass is 9.95. The molecule has 1 aromatic rings. The van der Waals surface area contributed by atoms with Crippen LogP contribution in [-0.2, 0) is 0 Å². The van der Waals surface area contributed by atoms with E-state index in [9.17, 15) is 0 Å². The third kappa shape index (κ3) is 3.01. The molecular weight excluding hydrogens is 210 g/mol. The summed E-state index contributed by atoms with van der Waals surface area (Å²) in [7, 11) is 0. The number of allylic oxidation sites excluding steroid dienone is 1. The van der Waals surface area contributed by atoms with Gasteiger partial charge >= 0.3 is 0 Å². The predicted octanol–water partition coefficient (Wildman–Crippen LogP) is 4.05. The van der Waals surface area contributed by atoms with Crippen molar-refractivity contribution in [2.24, 2.45) is 0 Å². The van der Waals surface area contributed by atoms with Crippen molar-refractivity contribution in [1.82, 2.24) is 5.32 Å².